The average Bonchev–Trinajstić information content (AvgIpc) is 3.31. The van der Waals surface area contributed by atoms with Gasteiger partial charge >= 0.3 is 0 Å². The van der Waals surface area contributed by atoms with E-state index >= 15 is 0 Å². The van der Waals surface area contributed by atoms with E-state index < -0.39 is 5.60 Å². The van der Waals surface area contributed by atoms with E-state index in [1.165, 1.54) is 24.0 Å². The normalized spacial score (nSPS) is 22.5. The Balaban J connectivity index is 1.85. The number of rotatable bonds is 7. The number of hydrogen-bond donors (Lipinski definition) is 2. The summed E-state index contributed by atoms with van der Waals surface area (Å²) in [6.07, 6.45) is 1.17. The lowest BCUT2D eigenvalue weighted by Crippen LogP contribution is -2.38. The predicted molar refractivity (Wildman–Crippen MR) is 96.6 cm³/mol. The molecule has 2 aromatic rings. The number of ether oxygens (including phenoxy) is 1. The Morgan fingerprint density at radius 1 is 1.29 bits per heavy atom. The van der Waals surface area contributed by atoms with Crippen LogP contribution in [0.3, 0.4) is 0 Å². The first kappa shape index (κ1) is 17.0. The van der Waals surface area contributed by atoms with Crippen molar-refractivity contribution in [3.63, 3.8) is 0 Å². The molecular weight excluding hydrogens is 349 g/mol. The van der Waals surface area contributed by atoms with Crippen LogP contribution in [0.2, 0.25) is 5.02 Å². The summed E-state index contributed by atoms with van der Waals surface area (Å²) in [7, 11) is 0. The van der Waals surface area contributed by atoms with Gasteiger partial charge in [0.05, 0.1) is 12.0 Å². The molecule has 2 unspecified atom stereocenters. The first-order valence-corrected chi connectivity index (χ1v) is 8.14. The largest absolute Gasteiger partial charge is 0.354 e. The summed E-state index contributed by atoms with van der Waals surface area (Å²) in [6.45, 7) is 0.399. The number of hydrazine groups is 1. The topological polar surface area (TPSA) is 49.0 Å². The summed E-state index contributed by atoms with van der Waals surface area (Å²) in [5, 5.41) is 0.621. The first-order valence-electron chi connectivity index (χ1n) is 7.29. The van der Waals surface area contributed by atoms with Crippen LogP contribution in [-0.4, -0.2) is 18.4 Å². The van der Waals surface area contributed by atoms with Crippen molar-refractivity contribution in [3.05, 3.63) is 70.5 Å². The fourth-order valence-corrected chi connectivity index (χ4v) is 2.98. The van der Waals surface area contributed by atoms with Crippen LogP contribution in [0.25, 0.3) is 0 Å². The highest BCUT2D eigenvalue weighted by Gasteiger charge is 2.59. The second-order valence-corrected chi connectivity index (χ2v) is 5.92. The molecule has 0 spiro atoms. The van der Waals surface area contributed by atoms with Gasteiger partial charge in [-0.2, -0.15) is 0 Å². The summed E-state index contributed by atoms with van der Waals surface area (Å²) >= 11 is 10.9. The molecule has 0 aliphatic carbocycles. The lowest BCUT2D eigenvalue weighted by Gasteiger charge is -2.15. The summed E-state index contributed by atoms with van der Waals surface area (Å²) < 4.78 is 19.7. The van der Waals surface area contributed by atoms with Gasteiger partial charge in [0.2, 0.25) is 0 Å². The minimum atomic E-state index is -0.703. The van der Waals surface area contributed by atoms with Gasteiger partial charge < -0.3 is 10.2 Å². The third-order valence-corrected chi connectivity index (χ3v) is 4.31. The molecule has 0 saturated carbocycles. The number of nitrogens with zero attached hydrogens (tertiary/aromatic N) is 1. The van der Waals surface area contributed by atoms with Crippen molar-refractivity contribution in [1.29, 1.82) is 0 Å². The Morgan fingerprint density at radius 3 is 2.88 bits per heavy atom. The van der Waals surface area contributed by atoms with Crippen molar-refractivity contribution in [2.24, 2.45) is 4.99 Å². The molecule has 1 heterocycles. The van der Waals surface area contributed by atoms with Gasteiger partial charge in [0.25, 0.3) is 0 Å². The molecule has 2 atom stereocenters. The van der Waals surface area contributed by atoms with E-state index in [1.807, 2.05) is 30.3 Å². The van der Waals surface area contributed by atoms with E-state index in [0.29, 0.717) is 11.6 Å². The Morgan fingerprint density at radius 2 is 2.12 bits per heavy atom. The summed E-state index contributed by atoms with van der Waals surface area (Å²) in [5.41, 5.74) is 7.97. The lowest BCUT2D eigenvalue weighted by molar-refractivity contribution is 0.284. The second-order valence-electron chi connectivity index (χ2n) is 5.30. The molecule has 0 amide bonds. The molecule has 2 aromatic carbocycles. The minimum absolute atomic E-state index is 0.259. The highest BCUT2D eigenvalue weighted by molar-refractivity contribution is 7.78. The fraction of sp³-hybridized carbons (Fsp3) is 0.176. The highest BCUT2D eigenvalue weighted by Crippen LogP contribution is 2.57. The average molecular weight is 364 g/mol. The minimum Gasteiger partial charge on any atom is -0.354 e. The zero-order chi connectivity index (χ0) is 17.0. The van der Waals surface area contributed by atoms with Crippen molar-refractivity contribution < 1.29 is 9.13 Å². The van der Waals surface area contributed by atoms with E-state index in [2.05, 4.69) is 28.1 Å². The van der Waals surface area contributed by atoms with E-state index in [-0.39, 0.29) is 11.9 Å². The van der Waals surface area contributed by atoms with E-state index in [4.69, 9.17) is 16.3 Å². The molecule has 3 rings (SSSR count). The van der Waals surface area contributed by atoms with Crippen LogP contribution >= 0.6 is 23.8 Å². The van der Waals surface area contributed by atoms with Gasteiger partial charge in [-0.25, -0.2) is 14.8 Å². The molecule has 0 bridgehead atoms. The molecular formula is C17H15ClFN3OS. The highest BCUT2D eigenvalue weighted by atomic mass is 35.5. The Bertz CT molecular complexity index is 773. The van der Waals surface area contributed by atoms with Crippen LogP contribution < -0.4 is 10.9 Å². The quantitative estimate of drug-likeness (QED) is 0.197. The first-order chi connectivity index (χ1) is 11.7. The van der Waals surface area contributed by atoms with Crippen LogP contribution in [-0.2, 0) is 10.3 Å². The number of thiocarbonyl (C=S) groups is 1. The maximum absolute atomic E-state index is 13.7. The summed E-state index contributed by atoms with van der Waals surface area (Å²) in [5.74, 6) is -0.310. The molecule has 1 aliphatic rings. The number of aliphatic imine (C=N–C) groups is 1. The van der Waals surface area contributed by atoms with Crippen molar-refractivity contribution in [2.75, 3.05) is 6.54 Å². The lowest BCUT2D eigenvalue weighted by atomic mass is 9.91. The molecule has 2 N–H and O–H groups in total. The standard InChI is InChI=1S/C17H15ClFN3OS/c18-15-7-2-1-6-14(15)16-17(23-16,9-21-22-10-20-11-24)12-4-3-5-13(19)8-12/h1-8,10-11,16,21H,9H2,(H,20,22,24). The molecule has 7 heteroatoms. The number of nitrogens with one attached hydrogen (secondary N) is 2. The zero-order valence-electron chi connectivity index (χ0n) is 12.6. The van der Waals surface area contributed by atoms with E-state index in [9.17, 15) is 4.39 Å². The Kier molecular flexibility index (Phi) is 5.20. The summed E-state index contributed by atoms with van der Waals surface area (Å²) in [6, 6.07) is 13.9. The number of hydrogen-bond acceptors (Lipinski definition) is 3. The number of benzene rings is 2. The zero-order valence-corrected chi connectivity index (χ0v) is 14.2. The van der Waals surface area contributed by atoms with E-state index in [1.54, 1.807) is 6.07 Å². The van der Waals surface area contributed by atoms with E-state index in [0.717, 1.165) is 11.1 Å². The van der Waals surface area contributed by atoms with Crippen molar-refractivity contribution >= 4 is 35.6 Å². The van der Waals surface area contributed by atoms with Crippen LogP contribution in [0.1, 0.15) is 17.2 Å². The molecule has 1 aliphatic heterocycles. The van der Waals surface area contributed by atoms with Crippen LogP contribution in [0.5, 0.6) is 0 Å². The predicted octanol–water partition coefficient (Wildman–Crippen LogP) is 3.53. The Hall–Kier alpha value is -1.86. The third kappa shape index (κ3) is 3.47. The molecule has 0 radical (unpaired) electrons. The van der Waals surface area contributed by atoms with Gasteiger partial charge in [0.15, 0.2) is 0 Å². The molecule has 1 fully saturated rings. The monoisotopic (exact) mass is 363 g/mol. The fourth-order valence-electron chi connectivity index (χ4n) is 2.68. The molecule has 4 nitrogen and oxygen atoms in total. The van der Waals surface area contributed by atoms with Gasteiger partial charge in [-0.05, 0) is 23.8 Å². The van der Waals surface area contributed by atoms with Crippen LogP contribution in [0.15, 0.2) is 53.5 Å². The van der Waals surface area contributed by atoms with Crippen molar-refractivity contribution in [3.8, 4) is 0 Å². The van der Waals surface area contributed by atoms with Crippen molar-refractivity contribution in [1.82, 2.24) is 10.9 Å². The second kappa shape index (κ2) is 7.36. The van der Waals surface area contributed by atoms with Crippen molar-refractivity contribution in [2.45, 2.75) is 11.7 Å². The maximum atomic E-state index is 13.7. The smallest absolute Gasteiger partial charge is 0.139 e. The molecule has 124 valence electrons. The van der Waals surface area contributed by atoms with Crippen LogP contribution in [0, 0.1) is 5.82 Å². The number of epoxide rings is 1. The summed E-state index contributed by atoms with van der Waals surface area (Å²) in [4.78, 5) is 3.76. The SMILES string of the molecule is Fc1cccc(C2(CNNC=NC=S)OC2c2ccccc2Cl)c1. The molecule has 24 heavy (non-hydrogen) atoms. The Labute approximate surface area is 149 Å². The molecule has 0 aromatic heterocycles. The van der Waals surface area contributed by atoms with Gasteiger partial charge in [0.1, 0.15) is 23.9 Å². The maximum Gasteiger partial charge on any atom is 0.139 e. The number of halogens is 2. The van der Waals surface area contributed by atoms with Gasteiger partial charge in [0, 0.05) is 10.6 Å². The van der Waals surface area contributed by atoms with Crippen LogP contribution in [0.4, 0.5) is 4.39 Å². The van der Waals surface area contributed by atoms with Gasteiger partial charge in [-0.15, -0.1) is 0 Å². The van der Waals surface area contributed by atoms with Gasteiger partial charge in [-0.1, -0.05) is 54.2 Å². The molecule has 1 saturated heterocycles. The third-order valence-electron chi connectivity index (χ3n) is 3.85. The van der Waals surface area contributed by atoms with Gasteiger partial charge in [-0.3, -0.25) is 0 Å².